The molecule has 30 heavy (non-hydrogen) atoms. The second-order valence-corrected chi connectivity index (χ2v) is 7.99. The van der Waals surface area contributed by atoms with E-state index in [0.717, 1.165) is 6.07 Å². The molecule has 1 aromatic heterocycles. The van der Waals surface area contributed by atoms with Crippen molar-refractivity contribution in [1.29, 1.82) is 0 Å². The second-order valence-electron chi connectivity index (χ2n) is 6.05. The van der Waals surface area contributed by atoms with Crippen molar-refractivity contribution in [2.45, 2.75) is 11.4 Å². The number of carbonyl (C=O) groups excluding carboxylic acids is 1. The quantitative estimate of drug-likeness (QED) is 0.515. The first-order valence-corrected chi connectivity index (χ1v) is 10.5. The predicted molar refractivity (Wildman–Crippen MR) is 108 cm³/mol. The van der Waals surface area contributed by atoms with Crippen LogP contribution in [0.2, 0.25) is 5.02 Å². The number of primary amides is 1. The van der Waals surface area contributed by atoms with Crippen LogP contribution in [0.5, 0.6) is 0 Å². The number of halogens is 1. The number of rotatable bonds is 5. The number of anilines is 1. The summed E-state index contributed by atoms with van der Waals surface area (Å²) in [6.45, 7) is 2.72. The van der Waals surface area contributed by atoms with Crippen molar-refractivity contribution in [2.24, 2.45) is 10.9 Å². The Morgan fingerprint density at radius 2 is 1.93 bits per heavy atom. The number of ether oxygens (including phenoxy) is 1. The van der Waals surface area contributed by atoms with Crippen LogP contribution in [0.4, 0.5) is 10.5 Å². The van der Waals surface area contributed by atoms with E-state index < -0.39 is 20.9 Å². The molecule has 13 heteroatoms. The Bertz CT molecular complexity index is 990. The highest BCUT2D eigenvalue weighted by Crippen LogP contribution is 2.28. The number of furan rings is 1. The number of nitrogens with one attached hydrogen (secondary N) is 1. The number of urea groups is 1. The zero-order valence-corrected chi connectivity index (χ0v) is 17.3. The Hall–Kier alpha value is -2.80. The molecule has 0 radical (unpaired) electrons. The van der Waals surface area contributed by atoms with E-state index in [2.05, 4.69) is 5.32 Å². The molecule has 1 aliphatic heterocycles. The van der Waals surface area contributed by atoms with Crippen LogP contribution in [0.1, 0.15) is 16.1 Å². The van der Waals surface area contributed by atoms with Crippen molar-refractivity contribution in [3.8, 4) is 0 Å². The SMILES string of the molecule is NC(=O)N1CCOCC1.NS(=O)(=O)c1cc(C(=O)O)c(NCc2ccco2)cc1Cl. The van der Waals surface area contributed by atoms with Gasteiger partial charge in [0, 0.05) is 13.1 Å². The third-order valence-corrected chi connectivity index (χ3v) is 5.34. The van der Waals surface area contributed by atoms with Crippen molar-refractivity contribution in [3.63, 3.8) is 0 Å². The van der Waals surface area contributed by atoms with Crippen molar-refractivity contribution in [2.75, 3.05) is 31.6 Å². The molecule has 0 spiro atoms. The molecule has 1 fully saturated rings. The number of hydrogen-bond acceptors (Lipinski definition) is 7. The number of hydrogen-bond donors (Lipinski definition) is 4. The average Bonchev–Trinajstić information content (AvgIpc) is 3.20. The molecule has 0 bridgehead atoms. The number of aromatic carboxylic acids is 1. The molecule has 0 unspecified atom stereocenters. The summed E-state index contributed by atoms with van der Waals surface area (Å²) in [4.78, 5) is 22.8. The van der Waals surface area contributed by atoms with Gasteiger partial charge in [0.05, 0.1) is 42.3 Å². The summed E-state index contributed by atoms with van der Waals surface area (Å²) in [6, 6.07) is 5.16. The van der Waals surface area contributed by atoms with Gasteiger partial charge in [-0.1, -0.05) is 11.6 Å². The molecule has 0 saturated carbocycles. The largest absolute Gasteiger partial charge is 0.478 e. The minimum Gasteiger partial charge on any atom is -0.478 e. The lowest BCUT2D eigenvalue weighted by Crippen LogP contribution is -2.43. The van der Waals surface area contributed by atoms with Gasteiger partial charge < -0.3 is 30.2 Å². The summed E-state index contributed by atoms with van der Waals surface area (Å²) in [6.07, 6.45) is 1.48. The first-order chi connectivity index (χ1) is 14.1. The molecule has 2 amide bonds. The van der Waals surface area contributed by atoms with Crippen molar-refractivity contribution in [1.82, 2.24) is 4.90 Å². The molecule has 3 rings (SSSR count). The molecule has 1 saturated heterocycles. The van der Waals surface area contributed by atoms with Gasteiger partial charge in [-0.2, -0.15) is 0 Å². The number of amides is 2. The van der Waals surface area contributed by atoms with Crippen LogP contribution in [-0.2, 0) is 21.3 Å². The summed E-state index contributed by atoms with van der Waals surface area (Å²) in [7, 11) is -4.11. The van der Waals surface area contributed by atoms with Gasteiger partial charge >= 0.3 is 12.0 Å². The van der Waals surface area contributed by atoms with Crippen LogP contribution in [0, 0.1) is 0 Å². The van der Waals surface area contributed by atoms with E-state index in [1.165, 1.54) is 12.3 Å². The van der Waals surface area contributed by atoms with Crippen molar-refractivity contribution in [3.05, 3.63) is 46.9 Å². The highest BCUT2D eigenvalue weighted by atomic mass is 35.5. The van der Waals surface area contributed by atoms with Gasteiger partial charge in [0.2, 0.25) is 10.0 Å². The summed E-state index contributed by atoms with van der Waals surface area (Å²) in [5, 5.41) is 16.8. The lowest BCUT2D eigenvalue weighted by atomic mass is 10.1. The zero-order chi connectivity index (χ0) is 22.3. The zero-order valence-electron chi connectivity index (χ0n) is 15.7. The van der Waals surface area contributed by atoms with E-state index in [4.69, 9.17) is 36.7 Å². The molecule has 164 valence electrons. The normalized spacial score (nSPS) is 13.9. The molecule has 0 aliphatic carbocycles. The summed E-state index contributed by atoms with van der Waals surface area (Å²) >= 11 is 5.84. The first-order valence-electron chi connectivity index (χ1n) is 8.57. The number of nitrogens with zero attached hydrogens (tertiary/aromatic N) is 1. The molecule has 0 atom stereocenters. The van der Waals surface area contributed by atoms with E-state index in [-0.39, 0.29) is 28.8 Å². The van der Waals surface area contributed by atoms with Gasteiger partial charge in [0.25, 0.3) is 0 Å². The molecule has 1 aliphatic rings. The lowest BCUT2D eigenvalue weighted by molar-refractivity contribution is 0.0554. The Morgan fingerprint density at radius 3 is 2.40 bits per heavy atom. The van der Waals surface area contributed by atoms with Crippen LogP contribution >= 0.6 is 11.6 Å². The molecule has 2 aromatic rings. The fourth-order valence-corrected chi connectivity index (χ4v) is 3.57. The molecule has 6 N–H and O–H groups in total. The Morgan fingerprint density at radius 1 is 1.27 bits per heavy atom. The van der Waals surface area contributed by atoms with Gasteiger partial charge in [-0.25, -0.2) is 23.1 Å². The summed E-state index contributed by atoms with van der Waals surface area (Å²) in [5.41, 5.74) is 4.91. The fourth-order valence-electron chi connectivity index (χ4n) is 2.47. The van der Waals surface area contributed by atoms with Gasteiger partial charge in [-0.3, -0.25) is 0 Å². The van der Waals surface area contributed by atoms with Gasteiger partial charge in [0.1, 0.15) is 10.7 Å². The van der Waals surface area contributed by atoms with E-state index >= 15 is 0 Å². The van der Waals surface area contributed by atoms with Gasteiger partial charge in [0.15, 0.2) is 0 Å². The maximum absolute atomic E-state index is 11.3. The monoisotopic (exact) mass is 460 g/mol. The number of carboxylic acids is 1. The number of carbonyl (C=O) groups is 2. The topological polar surface area (TPSA) is 178 Å². The molecule has 2 heterocycles. The molecular weight excluding hydrogens is 440 g/mol. The van der Waals surface area contributed by atoms with Crippen LogP contribution in [0.25, 0.3) is 0 Å². The standard InChI is InChI=1S/C12H11ClN2O5S.C5H10N2O2/c13-9-5-10(15-6-7-2-1-3-20-7)8(12(16)17)4-11(9)21(14,18)19;6-5(8)7-1-3-9-4-2-7/h1-5,15H,6H2,(H,16,17)(H2,14,18,19);1-4H2,(H2,6,8). The van der Waals surface area contributed by atoms with E-state index in [1.54, 1.807) is 17.0 Å². The van der Waals surface area contributed by atoms with E-state index in [0.29, 0.717) is 32.1 Å². The third-order valence-electron chi connectivity index (χ3n) is 3.96. The minimum absolute atomic E-state index is 0.163. The highest BCUT2D eigenvalue weighted by Gasteiger charge is 2.20. The predicted octanol–water partition coefficient (Wildman–Crippen LogP) is 1.29. The maximum atomic E-state index is 11.3. The molecule has 1 aromatic carbocycles. The smallest absolute Gasteiger partial charge is 0.337 e. The van der Waals surface area contributed by atoms with Crippen LogP contribution in [0.3, 0.4) is 0 Å². The molecule has 11 nitrogen and oxygen atoms in total. The molecular formula is C17H21ClN4O7S. The van der Waals surface area contributed by atoms with E-state index in [9.17, 15) is 18.0 Å². The first kappa shape index (κ1) is 23.5. The number of nitrogens with two attached hydrogens (primary N) is 2. The number of primary sulfonamides is 1. The maximum Gasteiger partial charge on any atom is 0.337 e. The lowest BCUT2D eigenvalue weighted by Gasteiger charge is -2.24. The van der Waals surface area contributed by atoms with Crippen LogP contribution in [-0.4, -0.2) is 56.7 Å². The number of morpholine rings is 1. The Labute approximate surface area is 177 Å². The summed E-state index contributed by atoms with van der Waals surface area (Å²) in [5.74, 6) is -0.725. The van der Waals surface area contributed by atoms with Gasteiger partial charge in [-0.15, -0.1) is 0 Å². The number of benzene rings is 1. The van der Waals surface area contributed by atoms with E-state index in [1.807, 2.05) is 0 Å². The number of sulfonamides is 1. The Balaban J connectivity index is 0.000000297. The third kappa shape index (κ3) is 6.62. The minimum atomic E-state index is -4.11. The van der Waals surface area contributed by atoms with Gasteiger partial charge in [-0.05, 0) is 24.3 Å². The van der Waals surface area contributed by atoms with Crippen molar-refractivity contribution < 1.29 is 32.3 Å². The average molecular weight is 461 g/mol. The second kappa shape index (κ2) is 10.3. The number of carboxylic acid groups (broad SMARTS) is 1. The highest BCUT2D eigenvalue weighted by molar-refractivity contribution is 7.89. The van der Waals surface area contributed by atoms with Crippen molar-refractivity contribution >= 4 is 39.3 Å². The summed E-state index contributed by atoms with van der Waals surface area (Å²) < 4.78 is 32.8. The fraction of sp³-hybridized carbons (Fsp3) is 0.294. The Kier molecular flexibility index (Phi) is 8.06. The van der Waals surface area contributed by atoms with Crippen LogP contribution in [0.15, 0.2) is 39.8 Å². The van der Waals surface area contributed by atoms with Crippen LogP contribution < -0.4 is 16.2 Å².